The van der Waals surface area contributed by atoms with E-state index < -0.39 is 17.8 Å². The van der Waals surface area contributed by atoms with Crippen LogP contribution < -0.4 is 5.32 Å². The summed E-state index contributed by atoms with van der Waals surface area (Å²) in [5.74, 6) is -1.34. The van der Waals surface area contributed by atoms with Crippen LogP contribution in [0.25, 0.3) is 6.08 Å². The van der Waals surface area contributed by atoms with Gasteiger partial charge < -0.3 is 0 Å². The molecule has 0 atom stereocenters. The van der Waals surface area contributed by atoms with Crippen LogP contribution in [0.5, 0.6) is 0 Å². The topological polar surface area (TPSA) is 92.3 Å². The molecule has 1 fully saturated rings. The number of hydrogen-bond donors (Lipinski definition) is 1. The number of amides is 4. The Kier molecular flexibility index (Phi) is 5.43. The lowest BCUT2D eigenvalue weighted by atomic mass is 10.1. The molecule has 2 aromatic rings. The van der Waals surface area contributed by atoms with E-state index in [0.717, 1.165) is 10.5 Å². The lowest BCUT2D eigenvalue weighted by Crippen LogP contribution is -2.54. The third-order valence-electron chi connectivity index (χ3n) is 3.79. The van der Waals surface area contributed by atoms with Crippen LogP contribution in [0.2, 0.25) is 0 Å². The summed E-state index contributed by atoms with van der Waals surface area (Å²) < 4.78 is 0. The van der Waals surface area contributed by atoms with E-state index in [4.69, 9.17) is 0 Å². The molecule has 1 N–H and O–H groups in total. The van der Waals surface area contributed by atoms with Crippen LogP contribution in [0.15, 0.2) is 53.5 Å². The first-order valence-electron chi connectivity index (χ1n) is 7.87. The van der Waals surface area contributed by atoms with Crippen LogP contribution in [0.1, 0.15) is 11.1 Å². The minimum absolute atomic E-state index is 0.113. The van der Waals surface area contributed by atoms with Crippen molar-refractivity contribution in [3.8, 4) is 0 Å². The largest absolute Gasteiger partial charge is 0.331 e. The molecular formula is C18H16N4O3S. The quantitative estimate of drug-likeness (QED) is 0.375. The Morgan fingerprint density at radius 2 is 1.81 bits per heavy atom. The highest BCUT2D eigenvalue weighted by atomic mass is 32.2. The average molecular weight is 368 g/mol. The second-order valence-electron chi connectivity index (χ2n) is 5.51. The summed E-state index contributed by atoms with van der Waals surface area (Å²) in [6.07, 6.45) is 6.80. The van der Waals surface area contributed by atoms with Gasteiger partial charge in [0.05, 0.1) is 0 Å². The number of nitrogens with one attached hydrogen (secondary N) is 1. The van der Waals surface area contributed by atoms with Gasteiger partial charge in [-0.05, 0) is 24.3 Å². The Bertz CT molecular complexity index is 866. The smallest absolute Gasteiger partial charge is 0.273 e. The van der Waals surface area contributed by atoms with E-state index in [9.17, 15) is 14.4 Å². The number of nitrogens with zero attached hydrogens (tertiary/aromatic N) is 3. The van der Waals surface area contributed by atoms with Crippen molar-refractivity contribution >= 4 is 35.7 Å². The molecular weight excluding hydrogens is 352 g/mol. The predicted molar refractivity (Wildman–Crippen MR) is 97.2 cm³/mol. The second-order valence-corrected chi connectivity index (χ2v) is 6.29. The van der Waals surface area contributed by atoms with Crippen LogP contribution >= 0.6 is 11.8 Å². The number of aromatic nitrogens is 2. The molecule has 0 saturated carbocycles. The third kappa shape index (κ3) is 3.97. The fourth-order valence-electron chi connectivity index (χ4n) is 2.46. The molecule has 3 rings (SSSR count). The molecule has 26 heavy (non-hydrogen) atoms. The van der Waals surface area contributed by atoms with E-state index in [1.54, 1.807) is 0 Å². The number of barbiturate groups is 1. The first kappa shape index (κ1) is 17.8. The number of thioether (sulfide) groups is 1. The third-order valence-corrected chi connectivity index (χ3v) is 4.37. The van der Waals surface area contributed by atoms with E-state index in [1.807, 2.05) is 36.6 Å². The van der Waals surface area contributed by atoms with Gasteiger partial charge in [-0.15, -0.1) is 0 Å². The first-order chi connectivity index (χ1) is 12.6. The zero-order valence-electron chi connectivity index (χ0n) is 14.0. The van der Waals surface area contributed by atoms with Crippen LogP contribution in [0, 0.1) is 0 Å². The number of hydrogen-bond acceptors (Lipinski definition) is 6. The van der Waals surface area contributed by atoms with Crippen molar-refractivity contribution in [2.75, 3.05) is 12.8 Å². The van der Waals surface area contributed by atoms with Gasteiger partial charge in [0.2, 0.25) is 0 Å². The van der Waals surface area contributed by atoms with Crippen LogP contribution in [0.4, 0.5) is 4.79 Å². The molecule has 0 bridgehead atoms. The Morgan fingerprint density at radius 1 is 1.12 bits per heavy atom. The summed E-state index contributed by atoms with van der Waals surface area (Å²) in [6, 6.07) is 8.80. The van der Waals surface area contributed by atoms with Crippen molar-refractivity contribution in [1.82, 2.24) is 20.2 Å². The monoisotopic (exact) mass is 368 g/mol. The van der Waals surface area contributed by atoms with Crippen molar-refractivity contribution in [3.63, 3.8) is 0 Å². The molecule has 0 aliphatic carbocycles. The van der Waals surface area contributed by atoms with E-state index >= 15 is 0 Å². The minimum Gasteiger partial charge on any atom is -0.273 e. The highest BCUT2D eigenvalue weighted by Crippen LogP contribution is 2.15. The molecule has 0 unspecified atom stereocenters. The molecule has 1 aromatic heterocycles. The lowest BCUT2D eigenvalue weighted by Gasteiger charge is -2.26. The highest BCUT2D eigenvalue weighted by molar-refractivity contribution is 7.98. The maximum atomic E-state index is 12.6. The Balaban J connectivity index is 1.79. The zero-order chi connectivity index (χ0) is 18.5. The SMILES string of the molecule is CSc1ncc(/C=C2\C(=O)NC(=O)N(CCc3ccccc3)C2=O)cn1. The number of imide groups is 2. The van der Waals surface area contributed by atoms with Crippen LogP contribution in [-0.4, -0.2) is 45.5 Å². The molecule has 1 aliphatic heterocycles. The standard InChI is InChI=1S/C18H16N4O3S/c1-26-17-19-10-13(11-20-17)9-14-15(23)21-18(25)22(16(14)24)8-7-12-5-3-2-4-6-12/h2-6,9-11H,7-8H2,1H3,(H,21,23,25)/b14-9+. The molecule has 0 spiro atoms. The number of benzene rings is 1. The van der Waals surface area contributed by atoms with Crippen LogP contribution in [0.3, 0.4) is 0 Å². The summed E-state index contributed by atoms with van der Waals surface area (Å²) in [4.78, 5) is 46.0. The molecule has 7 nitrogen and oxygen atoms in total. The zero-order valence-corrected chi connectivity index (χ0v) is 14.8. The Morgan fingerprint density at radius 3 is 2.46 bits per heavy atom. The van der Waals surface area contributed by atoms with E-state index in [-0.39, 0.29) is 12.1 Å². The lowest BCUT2D eigenvalue weighted by molar-refractivity contribution is -0.130. The molecule has 1 aromatic carbocycles. The van der Waals surface area contributed by atoms with Crippen molar-refractivity contribution in [2.24, 2.45) is 0 Å². The summed E-state index contributed by atoms with van der Waals surface area (Å²) >= 11 is 1.39. The molecule has 2 heterocycles. The maximum Gasteiger partial charge on any atom is 0.331 e. The molecule has 4 amide bonds. The van der Waals surface area contributed by atoms with Gasteiger partial charge in [0, 0.05) is 24.5 Å². The number of carbonyl (C=O) groups is 3. The van der Waals surface area contributed by atoms with Crippen LogP contribution in [-0.2, 0) is 16.0 Å². The van der Waals surface area contributed by atoms with E-state index in [0.29, 0.717) is 17.1 Å². The van der Waals surface area contributed by atoms with Gasteiger partial charge in [-0.1, -0.05) is 42.1 Å². The molecule has 1 aliphatic rings. The second kappa shape index (κ2) is 7.92. The van der Waals surface area contributed by atoms with E-state index in [1.165, 1.54) is 30.2 Å². The fourth-order valence-corrected chi connectivity index (χ4v) is 2.77. The molecule has 8 heteroatoms. The molecule has 132 valence electrons. The van der Waals surface area contributed by atoms with Gasteiger partial charge in [-0.25, -0.2) is 14.8 Å². The summed E-state index contributed by atoms with van der Waals surface area (Å²) in [5, 5.41) is 2.79. The van der Waals surface area contributed by atoms with Gasteiger partial charge in [-0.3, -0.25) is 19.8 Å². The molecule has 0 radical (unpaired) electrons. The normalized spacial score (nSPS) is 16.1. The predicted octanol–water partition coefficient (Wildman–Crippen LogP) is 1.90. The summed E-state index contributed by atoms with van der Waals surface area (Å²) in [7, 11) is 0. The summed E-state index contributed by atoms with van der Waals surface area (Å²) in [6.45, 7) is 0.182. The van der Waals surface area contributed by atoms with Crippen molar-refractivity contribution in [1.29, 1.82) is 0 Å². The number of rotatable bonds is 5. The Hall–Kier alpha value is -3.00. The van der Waals surface area contributed by atoms with Gasteiger partial charge >= 0.3 is 6.03 Å². The summed E-state index contributed by atoms with van der Waals surface area (Å²) in [5.41, 5.74) is 1.40. The number of urea groups is 1. The van der Waals surface area contributed by atoms with Gasteiger partial charge in [0.1, 0.15) is 5.57 Å². The minimum atomic E-state index is -0.718. The maximum absolute atomic E-state index is 12.6. The van der Waals surface area contributed by atoms with Gasteiger partial charge in [-0.2, -0.15) is 0 Å². The number of carbonyl (C=O) groups excluding carboxylic acids is 3. The van der Waals surface area contributed by atoms with E-state index in [2.05, 4.69) is 15.3 Å². The average Bonchev–Trinajstić information content (AvgIpc) is 2.66. The van der Waals surface area contributed by atoms with Crippen molar-refractivity contribution in [2.45, 2.75) is 11.6 Å². The fraction of sp³-hybridized carbons (Fsp3) is 0.167. The highest BCUT2D eigenvalue weighted by Gasteiger charge is 2.35. The van der Waals surface area contributed by atoms with Gasteiger partial charge in [0.15, 0.2) is 5.16 Å². The van der Waals surface area contributed by atoms with Crippen molar-refractivity contribution in [3.05, 3.63) is 59.4 Å². The van der Waals surface area contributed by atoms with Gasteiger partial charge in [0.25, 0.3) is 11.8 Å². The first-order valence-corrected chi connectivity index (χ1v) is 9.10. The molecule has 1 saturated heterocycles. The van der Waals surface area contributed by atoms with Crippen molar-refractivity contribution < 1.29 is 14.4 Å². The Labute approximate surface area is 154 Å².